The third-order valence-corrected chi connectivity index (χ3v) is 5.71. The van der Waals surface area contributed by atoms with Crippen molar-refractivity contribution in [2.24, 2.45) is 0 Å². The normalized spacial score (nSPS) is 29.8. The van der Waals surface area contributed by atoms with Gasteiger partial charge < -0.3 is 0 Å². The van der Waals surface area contributed by atoms with Crippen molar-refractivity contribution in [3.63, 3.8) is 0 Å². The number of aryl methyl sites for hydroxylation is 1. The lowest BCUT2D eigenvalue weighted by atomic mass is 9.74. The molecule has 1 fully saturated rings. The number of ketones is 1. The van der Waals surface area contributed by atoms with E-state index >= 15 is 0 Å². The third-order valence-electron chi connectivity index (χ3n) is 4.16. The summed E-state index contributed by atoms with van der Waals surface area (Å²) in [5.74, 6) is 0.576. The van der Waals surface area contributed by atoms with E-state index in [0.717, 1.165) is 25.7 Å². The highest BCUT2D eigenvalue weighted by Crippen LogP contribution is 2.54. The lowest BCUT2D eigenvalue weighted by Crippen LogP contribution is -2.44. The molecule has 18 heavy (non-hydrogen) atoms. The summed E-state index contributed by atoms with van der Waals surface area (Å²) in [6.45, 7) is 5.94. The second-order valence-electron chi connectivity index (χ2n) is 5.44. The van der Waals surface area contributed by atoms with Crippen LogP contribution in [0.1, 0.15) is 42.7 Å². The van der Waals surface area contributed by atoms with Crippen LogP contribution >= 0.6 is 11.8 Å². The predicted molar refractivity (Wildman–Crippen MR) is 76.2 cm³/mol. The maximum Gasteiger partial charge on any atom is 0.157 e. The molecule has 1 aliphatic carbocycles. The number of carbonyl (C=O) groups is 1. The van der Waals surface area contributed by atoms with E-state index in [0.29, 0.717) is 5.78 Å². The molecule has 0 saturated heterocycles. The minimum Gasteiger partial charge on any atom is -0.297 e. The van der Waals surface area contributed by atoms with Crippen molar-refractivity contribution in [2.45, 2.75) is 48.2 Å². The van der Waals surface area contributed by atoms with Gasteiger partial charge in [-0.05, 0) is 37.8 Å². The molecule has 2 atom stereocenters. The van der Waals surface area contributed by atoms with Gasteiger partial charge in [-0.2, -0.15) is 0 Å². The fraction of sp³-hybridized carbons (Fsp3) is 0.438. The number of allylic oxidation sites excluding steroid dienone is 1. The largest absolute Gasteiger partial charge is 0.297 e. The Kier molecular flexibility index (Phi) is 2.86. The van der Waals surface area contributed by atoms with Crippen LogP contribution in [0.25, 0.3) is 0 Å². The summed E-state index contributed by atoms with van der Waals surface area (Å²) in [5.41, 5.74) is 2.52. The molecule has 1 aromatic carbocycles. The van der Waals surface area contributed by atoms with Crippen molar-refractivity contribution in [3.05, 3.63) is 42.0 Å². The number of benzene rings is 1. The molecule has 2 aliphatic rings. The quantitative estimate of drug-likeness (QED) is 0.738. The molecule has 1 aromatic rings. The van der Waals surface area contributed by atoms with E-state index in [1.54, 1.807) is 11.8 Å². The van der Waals surface area contributed by atoms with Crippen LogP contribution in [0.3, 0.4) is 0 Å². The molecule has 0 spiro atoms. The van der Waals surface area contributed by atoms with Gasteiger partial charge in [-0.25, -0.2) is 0 Å². The number of carbonyl (C=O) groups excluding carboxylic acids is 1. The highest BCUT2D eigenvalue weighted by Gasteiger charge is 2.49. The van der Waals surface area contributed by atoms with Crippen molar-refractivity contribution < 1.29 is 4.79 Å². The van der Waals surface area contributed by atoms with Crippen LogP contribution in [0.5, 0.6) is 0 Å². The van der Waals surface area contributed by atoms with E-state index < -0.39 is 0 Å². The summed E-state index contributed by atoms with van der Waals surface area (Å²) < 4.78 is -0.215. The third kappa shape index (κ3) is 1.66. The monoisotopic (exact) mass is 258 g/mol. The van der Waals surface area contributed by atoms with Gasteiger partial charge in [0.1, 0.15) is 0 Å². The number of thioether (sulfide) groups is 1. The average molecular weight is 258 g/mol. The Morgan fingerprint density at radius 2 is 2.39 bits per heavy atom. The van der Waals surface area contributed by atoms with Crippen LogP contribution in [0, 0.1) is 6.92 Å². The summed E-state index contributed by atoms with van der Waals surface area (Å²) in [4.78, 5) is 14.0. The minimum absolute atomic E-state index is 0.134. The van der Waals surface area contributed by atoms with Gasteiger partial charge in [0, 0.05) is 10.8 Å². The van der Waals surface area contributed by atoms with Crippen LogP contribution in [-0.2, 0) is 4.79 Å². The molecule has 0 N–H and O–H groups in total. The zero-order valence-corrected chi connectivity index (χ0v) is 11.6. The van der Waals surface area contributed by atoms with E-state index in [9.17, 15) is 4.79 Å². The molecule has 1 heterocycles. The topological polar surface area (TPSA) is 17.1 Å². The van der Waals surface area contributed by atoms with E-state index in [1.807, 2.05) is 6.08 Å². The highest BCUT2D eigenvalue weighted by atomic mass is 32.2. The van der Waals surface area contributed by atoms with Crippen molar-refractivity contribution in [3.8, 4) is 0 Å². The molecule has 2 bridgehead atoms. The Balaban J connectivity index is 2.12. The number of Topliss-reactive ketones (excluding diaryl/α,β-unsaturated/α-hetero) is 1. The van der Waals surface area contributed by atoms with Gasteiger partial charge in [-0.3, -0.25) is 4.79 Å². The highest BCUT2D eigenvalue weighted by molar-refractivity contribution is 8.01. The number of hydrogen-bond acceptors (Lipinski definition) is 2. The predicted octanol–water partition coefficient (Wildman–Crippen LogP) is 4.25. The van der Waals surface area contributed by atoms with Crippen molar-refractivity contribution >= 4 is 17.5 Å². The molecule has 0 radical (unpaired) electrons. The fourth-order valence-electron chi connectivity index (χ4n) is 3.28. The van der Waals surface area contributed by atoms with Crippen LogP contribution in [0.4, 0.5) is 0 Å². The van der Waals surface area contributed by atoms with Gasteiger partial charge in [0.15, 0.2) is 5.78 Å². The molecule has 3 rings (SSSR count). The first kappa shape index (κ1) is 12.0. The summed E-state index contributed by atoms with van der Waals surface area (Å²) in [6, 6.07) is 6.55. The minimum atomic E-state index is -0.215. The first-order valence-electron chi connectivity index (χ1n) is 6.61. The summed E-state index contributed by atoms with van der Waals surface area (Å²) in [6.07, 6.45) is 5.90. The van der Waals surface area contributed by atoms with Gasteiger partial charge in [0.2, 0.25) is 0 Å². The van der Waals surface area contributed by atoms with Crippen molar-refractivity contribution in [1.29, 1.82) is 0 Å². The van der Waals surface area contributed by atoms with Gasteiger partial charge in [-0.1, -0.05) is 30.2 Å². The summed E-state index contributed by atoms with van der Waals surface area (Å²) in [5, 5.41) is 0. The maximum atomic E-state index is 12.7. The molecule has 0 unspecified atom stereocenters. The van der Waals surface area contributed by atoms with Crippen molar-refractivity contribution in [1.82, 2.24) is 0 Å². The summed E-state index contributed by atoms with van der Waals surface area (Å²) >= 11 is 1.78. The Labute approximate surface area is 113 Å². The van der Waals surface area contributed by atoms with Crippen LogP contribution in [0.15, 0.2) is 35.7 Å². The average Bonchev–Trinajstić information content (AvgIpc) is 2.33. The molecule has 2 heteroatoms. The number of rotatable bonds is 2. The Bertz CT molecular complexity index is 520. The second-order valence-corrected chi connectivity index (χ2v) is 6.86. The number of hydrogen-bond donors (Lipinski definition) is 0. The molecule has 94 valence electrons. The maximum absolute atomic E-state index is 12.7. The molecule has 1 nitrogen and oxygen atoms in total. The fourth-order valence-corrected chi connectivity index (χ4v) is 4.85. The van der Waals surface area contributed by atoms with Crippen LogP contribution in [0.2, 0.25) is 0 Å². The smallest absolute Gasteiger partial charge is 0.157 e. The SMILES string of the molecule is C=CC[C@@]12CCC[C@@H](C1=O)c1cc(C)ccc1S2. The Hall–Kier alpha value is -1.02. The van der Waals surface area contributed by atoms with Gasteiger partial charge >= 0.3 is 0 Å². The first-order valence-corrected chi connectivity index (χ1v) is 7.43. The molecule has 1 saturated carbocycles. The Morgan fingerprint density at radius 3 is 3.17 bits per heavy atom. The lowest BCUT2D eigenvalue weighted by Gasteiger charge is -2.43. The van der Waals surface area contributed by atoms with Crippen LogP contribution in [-0.4, -0.2) is 10.5 Å². The van der Waals surface area contributed by atoms with Crippen molar-refractivity contribution in [2.75, 3.05) is 0 Å². The molecule has 0 aromatic heterocycles. The van der Waals surface area contributed by atoms with Gasteiger partial charge in [0.25, 0.3) is 0 Å². The van der Waals surface area contributed by atoms with E-state index in [4.69, 9.17) is 0 Å². The molecular weight excluding hydrogens is 240 g/mol. The zero-order chi connectivity index (χ0) is 12.8. The second kappa shape index (κ2) is 4.27. The lowest BCUT2D eigenvalue weighted by molar-refractivity contribution is -0.124. The Morgan fingerprint density at radius 1 is 1.56 bits per heavy atom. The van der Waals surface area contributed by atoms with Gasteiger partial charge in [-0.15, -0.1) is 18.3 Å². The van der Waals surface area contributed by atoms with Crippen LogP contribution < -0.4 is 0 Å². The van der Waals surface area contributed by atoms with Gasteiger partial charge in [0.05, 0.1) is 4.75 Å². The molecule has 0 amide bonds. The summed E-state index contributed by atoms with van der Waals surface area (Å²) in [7, 11) is 0. The zero-order valence-electron chi connectivity index (χ0n) is 10.7. The molecule has 1 aliphatic heterocycles. The van der Waals surface area contributed by atoms with E-state index in [1.165, 1.54) is 16.0 Å². The van der Waals surface area contributed by atoms with E-state index in [2.05, 4.69) is 31.7 Å². The first-order chi connectivity index (χ1) is 8.66. The van der Waals surface area contributed by atoms with E-state index in [-0.39, 0.29) is 10.7 Å². The standard InChI is InChI=1S/C16H18OS/c1-3-8-16-9-4-5-12(15(16)17)13-10-11(2)6-7-14(13)18-16/h3,6-7,10,12H,1,4-5,8-9H2,2H3/t12-,16-/m1/s1. The number of fused-ring (bicyclic) bond motifs is 4. The molecular formula is C16H18OS.